The lowest BCUT2D eigenvalue weighted by Gasteiger charge is -2.37. The first kappa shape index (κ1) is 37.3. The number of aryl methyl sites for hydroxylation is 1. The highest BCUT2D eigenvalue weighted by Gasteiger charge is 2.38. The predicted octanol–water partition coefficient (Wildman–Crippen LogP) is 5.72. The van der Waals surface area contributed by atoms with Crippen LogP contribution in [0.15, 0.2) is 66.9 Å². The van der Waals surface area contributed by atoms with E-state index in [9.17, 15) is 36.2 Å². The fraction of sp³-hybridized carbons (Fsp3) is 0.333. The van der Waals surface area contributed by atoms with Gasteiger partial charge in [0, 0.05) is 49.2 Å². The van der Waals surface area contributed by atoms with Crippen molar-refractivity contribution < 1.29 is 56.0 Å². The molecule has 1 saturated heterocycles. The molecule has 3 aromatic rings. The van der Waals surface area contributed by atoms with E-state index in [1.165, 1.54) is 0 Å². The van der Waals surface area contributed by atoms with Gasteiger partial charge >= 0.3 is 24.3 Å². The molecule has 0 spiro atoms. The number of phenolic OH excluding ortho intramolecular Hbond substituents is 1. The number of alkyl halides is 6. The summed E-state index contributed by atoms with van der Waals surface area (Å²) in [6, 6.07) is 19.3. The second-order valence-electron chi connectivity index (χ2n) is 10.1. The number of hydrogen-bond acceptors (Lipinski definition) is 7. The van der Waals surface area contributed by atoms with Crippen LogP contribution in [0.1, 0.15) is 34.3 Å². The normalized spacial score (nSPS) is 13.5. The zero-order chi connectivity index (χ0) is 34.7. The average molecular weight is 659 g/mol. The number of rotatable bonds is 6. The monoisotopic (exact) mass is 658 g/mol. The van der Waals surface area contributed by atoms with Crippen molar-refractivity contribution >= 4 is 29.4 Å². The first-order valence-corrected chi connectivity index (χ1v) is 13.5. The minimum absolute atomic E-state index is 0.113. The highest BCUT2D eigenvalue weighted by molar-refractivity contribution is 6.04. The van der Waals surface area contributed by atoms with Gasteiger partial charge in [0.1, 0.15) is 11.6 Å². The van der Waals surface area contributed by atoms with Crippen molar-refractivity contribution in [3.05, 3.63) is 83.6 Å². The van der Waals surface area contributed by atoms with Crippen molar-refractivity contribution in [2.75, 3.05) is 30.4 Å². The van der Waals surface area contributed by atoms with Crippen LogP contribution in [0.3, 0.4) is 0 Å². The van der Waals surface area contributed by atoms with Crippen LogP contribution < -0.4 is 10.2 Å². The molecule has 2 heterocycles. The SMILES string of the molecule is Cc1cccc(C(=O)Nc2ccnc(N3CCC(N(C)Cc4cccc(O)c4)CC3)c2)c1.O=C(O)C(F)(F)F.O=C(O)C(F)(F)F. The lowest BCUT2D eigenvalue weighted by molar-refractivity contribution is -0.193. The van der Waals surface area contributed by atoms with E-state index in [0.29, 0.717) is 17.4 Å². The van der Waals surface area contributed by atoms with Gasteiger partial charge < -0.3 is 25.5 Å². The Kier molecular flexibility index (Phi) is 13.3. The number of nitrogens with one attached hydrogen (secondary N) is 1. The zero-order valence-corrected chi connectivity index (χ0v) is 24.6. The number of aromatic hydroxyl groups is 1. The number of nitrogens with zero attached hydrogens (tertiary/aromatic N) is 3. The van der Waals surface area contributed by atoms with Crippen LogP contribution in [0.2, 0.25) is 0 Å². The molecule has 0 saturated carbocycles. The molecule has 1 aliphatic heterocycles. The zero-order valence-electron chi connectivity index (χ0n) is 24.6. The smallest absolute Gasteiger partial charge is 0.490 e. The molecular weight excluding hydrogens is 626 g/mol. The third kappa shape index (κ3) is 12.6. The highest BCUT2D eigenvalue weighted by atomic mass is 19.4. The molecule has 1 amide bonds. The number of carbonyl (C=O) groups excluding carboxylic acids is 1. The van der Waals surface area contributed by atoms with Gasteiger partial charge in [-0.1, -0.05) is 29.8 Å². The quantitative estimate of drug-likeness (QED) is 0.245. The van der Waals surface area contributed by atoms with Crippen LogP contribution in [0.4, 0.5) is 37.8 Å². The number of carbonyl (C=O) groups is 3. The molecule has 2 aromatic carbocycles. The Bertz CT molecular complexity index is 1450. The number of aromatic nitrogens is 1. The molecule has 0 atom stereocenters. The van der Waals surface area contributed by atoms with Crippen LogP contribution >= 0.6 is 0 Å². The van der Waals surface area contributed by atoms with Gasteiger partial charge in [-0.15, -0.1) is 0 Å². The molecule has 1 fully saturated rings. The number of carboxylic acid groups (broad SMARTS) is 2. The predicted molar refractivity (Wildman–Crippen MR) is 156 cm³/mol. The van der Waals surface area contributed by atoms with Crippen LogP contribution in [0.25, 0.3) is 0 Å². The van der Waals surface area contributed by atoms with E-state index in [-0.39, 0.29) is 5.91 Å². The number of benzene rings is 2. The lowest BCUT2D eigenvalue weighted by atomic mass is 10.0. The fourth-order valence-corrected chi connectivity index (χ4v) is 4.27. The molecule has 0 radical (unpaired) electrons. The average Bonchev–Trinajstić information content (AvgIpc) is 2.97. The second-order valence-corrected chi connectivity index (χ2v) is 10.1. The minimum atomic E-state index is -5.08. The number of amides is 1. The summed E-state index contributed by atoms with van der Waals surface area (Å²) < 4.78 is 63.5. The van der Waals surface area contributed by atoms with Gasteiger partial charge in [-0.05, 0) is 62.7 Å². The van der Waals surface area contributed by atoms with Crippen molar-refractivity contribution in [1.29, 1.82) is 0 Å². The van der Waals surface area contributed by atoms with Crippen molar-refractivity contribution in [2.45, 2.75) is 44.7 Å². The van der Waals surface area contributed by atoms with Crippen molar-refractivity contribution in [3.63, 3.8) is 0 Å². The number of piperidine rings is 1. The highest BCUT2D eigenvalue weighted by Crippen LogP contribution is 2.24. The number of pyridine rings is 1. The Hall–Kier alpha value is -4.86. The van der Waals surface area contributed by atoms with Crippen molar-refractivity contribution in [2.24, 2.45) is 0 Å². The minimum Gasteiger partial charge on any atom is -0.508 e. The summed E-state index contributed by atoms with van der Waals surface area (Å²) in [5.74, 6) is -4.43. The van der Waals surface area contributed by atoms with Gasteiger partial charge in [-0.3, -0.25) is 9.69 Å². The van der Waals surface area contributed by atoms with Crippen LogP contribution in [-0.2, 0) is 16.1 Å². The number of halogens is 6. The summed E-state index contributed by atoms with van der Waals surface area (Å²) in [6.45, 7) is 4.62. The molecule has 0 aliphatic carbocycles. The van der Waals surface area contributed by atoms with Gasteiger partial charge in [0.2, 0.25) is 0 Å². The molecular formula is C30H32F6N4O6. The molecule has 0 unspecified atom stereocenters. The van der Waals surface area contributed by atoms with E-state index in [1.54, 1.807) is 12.3 Å². The van der Waals surface area contributed by atoms with Crippen molar-refractivity contribution in [3.8, 4) is 5.75 Å². The maximum absolute atomic E-state index is 12.6. The third-order valence-electron chi connectivity index (χ3n) is 6.52. The van der Waals surface area contributed by atoms with E-state index < -0.39 is 24.3 Å². The standard InChI is InChI=1S/C26H30N4O2.2C2HF3O2/c1-19-5-3-7-21(15-19)26(32)28-22-9-12-27-25(17-22)30-13-10-23(11-14-30)29(2)18-20-6-4-8-24(31)16-20;2*3-2(4,5)1(6)7/h3-9,12,15-17,23,31H,10-11,13-14,18H2,1-2H3,(H,27,28,32);2*(H,6,7). The Balaban J connectivity index is 0.000000440. The van der Waals surface area contributed by atoms with E-state index in [0.717, 1.165) is 55.1 Å². The molecule has 4 N–H and O–H groups in total. The summed E-state index contributed by atoms with van der Waals surface area (Å²) in [6.07, 6.45) is -6.34. The summed E-state index contributed by atoms with van der Waals surface area (Å²) >= 11 is 0. The molecule has 0 bridgehead atoms. The Morgan fingerprint density at radius 2 is 1.48 bits per heavy atom. The van der Waals surface area contributed by atoms with Gasteiger partial charge in [-0.25, -0.2) is 14.6 Å². The Labute approximate surface area is 259 Å². The van der Waals surface area contributed by atoms with Crippen molar-refractivity contribution in [1.82, 2.24) is 9.88 Å². The van der Waals surface area contributed by atoms with Gasteiger partial charge in [0.15, 0.2) is 0 Å². The summed E-state index contributed by atoms with van der Waals surface area (Å²) in [7, 11) is 2.14. The van der Waals surface area contributed by atoms with E-state index in [1.807, 2.05) is 61.5 Å². The molecule has 4 rings (SSSR count). The first-order valence-electron chi connectivity index (χ1n) is 13.5. The number of anilines is 2. The largest absolute Gasteiger partial charge is 0.508 e. The molecule has 10 nitrogen and oxygen atoms in total. The summed E-state index contributed by atoms with van der Waals surface area (Å²) in [5, 5.41) is 26.9. The van der Waals surface area contributed by atoms with E-state index >= 15 is 0 Å². The number of hydrogen-bond donors (Lipinski definition) is 4. The van der Waals surface area contributed by atoms with Crippen LogP contribution in [0, 0.1) is 6.92 Å². The van der Waals surface area contributed by atoms with E-state index in [2.05, 4.69) is 27.1 Å². The first-order chi connectivity index (χ1) is 21.4. The van der Waals surface area contributed by atoms with Gasteiger partial charge in [0.05, 0.1) is 0 Å². The van der Waals surface area contributed by atoms with Crippen LogP contribution in [0.5, 0.6) is 5.75 Å². The molecule has 16 heteroatoms. The van der Waals surface area contributed by atoms with Crippen LogP contribution in [-0.4, -0.2) is 81.6 Å². The van der Waals surface area contributed by atoms with E-state index in [4.69, 9.17) is 19.8 Å². The number of phenols is 1. The maximum atomic E-state index is 12.6. The topological polar surface area (TPSA) is 143 Å². The summed E-state index contributed by atoms with van der Waals surface area (Å²) in [4.78, 5) is 39.5. The summed E-state index contributed by atoms with van der Waals surface area (Å²) in [5.41, 5.74) is 3.59. The fourth-order valence-electron chi connectivity index (χ4n) is 4.27. The molecule has 1 aliphatic rings. The number of aliphatic carboxylic acids is 2. The maximum Gasteiger partial charge on any atom is 0.490 e. The van der Waals surface area contributed by atoms with Gasteiger partial charge in [0.25, 0.3) is 5.91 Å². The molecule has 1 aromatic heterocycles. The lowest BCUT2D eigenvalue weighted by Crippen LogP contribution is -2.43. The Morgan fingerprint density at radius 1 is 0.913 bits per heavy atom. The number of carboxylic acids is 2. The third-order valence-corrected chi connectivity index (χ3v) is 6.52. The Morgan fingerprint density at radius 3 is 2.00 bits per heavy atom. The van der Waals surface area contributed by atoms with Gasteiger partial charge in [-0.2, -0.15) is 26.3 Å². The second kappa shape index (κ2) is 16.5. The molecule has 250 valence electrons. The molecule has 46 heavy (non-hydrogen) atoms.